The van der Waals surface area contributed by atoms with Gasteiger partial charge in [0.15, 0.2) is 0 Å². The van der Waals surface area contributed by atoms with Gasteiger partial charge in [-0.05, 0) is 73.2 Å². The van der Waals surface area contributed by atoms with E-state index in [2.05, 4.69) is 5.32 Å². The van der Waals surface area contributed by atoms with Crippen LogP contribution in [0.25, 0.3) is 0 Å². The van der Waals surface area contributed by atoms with E-state index in [9.17, 15) is 24.0 Å². The Labute approximate surface area is 270 Å². The number of carbonyl (C=O) groups is 4. The zero-order valence-electron chi connectivity index (χ0n) is 24.0. The summed E-state index contributed by atoms with van der Waals surface area (Å²) in [4.78, 5) is 67.7. The molecule has 0 spiro atoms. The van der Waals surface area contributed by atoms with E-state index >= 15 is 0 Å². The Bertz CT molecular complexity index is 1850. The number of aromatic nitrogens is 1. The van der Waals surface area contributed by atoms with Crippen molar-refractivity contribution in [2.24, 2.45) is 5.92 Å². The summed E-state index contributed by atoms with van der Waals surface area (Å²) in [5.41, 5.74) is 1.93. The standard InChI is InChI=1S/C32H26ClN3O7S2/c1-3-43-31(40)18-4-10-20(11-5-18)34-23(37)16-35-30-27(45-32(35)41)24(17-6-14-22(42-2)15-7-17)25-26(44-30)29(39)36(28(25)38)21-12-8-19(33)9-13-21/h4-15,24-26H,3,16H2,1-2H3,(H,34,37). The van der Waals surface area contributed by atoms with Crippen LogP contribution in [0.5, 0.6) is 5.75 Å². The molecule has 0 bridgehead atoms. The molecule has 3 heterocycles. The summed E-state index contributed by atoms with van der Waals surface area (Å²) >= 11 is 8.15. The normalized spacial score (nSPS) is 18.7. The van der Waals surface area contributed by atoms with Crippen LogP contribution in [-0.2, 0) is 25.7 Å². The van der Waals surface area contributed by atoms with Crippen LogP contribution in [0.15, 0.2) is 82.6 Å². The number of esters is 1. The fourth-order valence-electron chi connectivity index (χ4n) is 5.52. The number of anilines is 2. The molecule has 0 radical (unpaired) electrons. The number of rotatable bonds is 8. The second-order valence-electron chi connectivity index (χ2n) is 10.3. The van der Waals surface area contributed by atoms with Crippen LogP contribution in [0.4, 0.5) is 11.4 Å². The molecule has 1 aromatic heterocycles. The van der Waals surface area contributed by atoms with E-state index in [-0.39, 0.29) is 23.9 Å². The maximum absolute atomic E-state index is 14.0. The Hall–Kier alpha value is -4.39. The lowest BCUT2D eigenvalue weighted by atomic mass is 9.83. The van der Waals surface area contributed by atoms with Gasteiger partial charge in [-0.1, -0.05) is 46.8 Å². The molecule has 1 fully saturated rings. The fraction of sp³-hybridized carbons (Fsp3) is 0.219. The molecule has 45 heavy (non-hydrogen) atoms. The van der Waals surface area contributed by atoms with E-state index in [0.717, 1.165) is 28.7 Å². The summed E-state index contributed by atoms with van der Waals surface area (Å²) in [6.45, 7) is 1.65. The van der Waals surface area contributed by atoms with E-state index in [4.69, 9.17) is 21.1 Å². The molecule has 1 N–H and O–H groups in total. The maximum atomic E-state index is 14.0. The Kier molecular flexibility index (Phi) is 8.54. The van der Waals surface area contributed by atoms with Crippen LogP contribution in [0.2, 0.25) is 5.02 Å². The number of thiazole rings is 1. The molecule has 2 aliphatic heterocycles. The van der Waals surface area contributed by atoms with Crippen molar-refractivity contribution in [3.8, 4) is 5.75 Å². The minimum Gasteiger partial charge on any atom is -0.497 e. The van der Waals surface area contributed by atoms with Gasteiger partial charge in [0, 0.05) is 21.5 Å². The third-order valence-electron chi connectivity index (χ3n) is 7.59. The van der Waals surface area contributed by atoms with Crippen molar-refractivity contribution in [1.82, 2.24) is 4.57 Å². The van der Waals surface area contributed by atoms with Gasteiger partial charge in [0.25, 0.3) is 0 Å². The number of carbonyl (C=O) groups excluding carboxylic acids is 4. The quantitative estimate of drug-likeness (QED) is 0.202. The zero-order valence-corrected chi connectivity index (χ0v) is 26.4. The summed E-state index contributed by atoms with van der Waals surface area (Å²) in [7, 11) is 1.55. The minimum absolute atomic E-state index is 0.245. The SMILES string of the molecule is CCOC(=O)c1ccc(NC(=O)Cn2c3c(sc2=O)C(c2ccc(OC)cc2)C2C(=O)N(c4ccc(Cl)cc4)C(=O)C2S3)cc1. The Morgan fingerprint density at radius 2 is 1.62 bits per heavy atom. The number of hydrogen-bond donors (Lipinski definition) is 1. The van der Waals surface area contributed by atoms with Gasteiger partial charge in [0.2, 0.25) is 17.7 Å². The lowest BCUT2D eigenvalue weighted by Crippen LogP contribution is -2.33. The van der Waals surface area contributed by atoms with Crippen molar-refractivity contribution < 1.29 is 28.7 Å². The number of methoxy groups -OCH3 is 1. The Balaban J connectivity index is 1.34. The largest absolute Gasteiger partial charge is 0.497 e. The van der Waals surface area contributed by atoms with Crippen LogP contribution in [0.3, 0.4) is 0 Å². The molecule has 3 unspecified atom stereocenters. The van der Waals surface area contributed by atoms with Gasteiger partial charge < -0.3 is 14.8 Å². The molecule has 10 nitrogen and oxygen atoms in total. The number of halogens is 1. The van der Waals surface area contributed by atoms with Gasteiger partial charge in [-0.25, -0.2) is 9.69 Å². The molecule has 4 aromatic rings. The molecule has 230 valence electrons. The van der Waals surface area contributed by atoms with Gasteiger partial charge >= 0.3 is 10.8 Å². The highest BCUT2D eigenvalue weighted by molar-refractivity contribution is 8.00. The molecule has 3 atom stereocenters. The first-order valence-corrected chi connectivity index (χ1v) is 16.0. The Morgan fingerprint density at radius 1 is 0.933 bits per heavy atom. The number of ether oxygens (including phenoxy) is 2. The molecular weight excluding hydrogens is 638 g/mol. The average molecular weight is 664 g/mol. The molecule has 3 aromatic carbocycles. The summed E-state index contributed by atoms with van der Waals surface area (Å²) in [6, 6.07) is 19.9. The van der Waals surface area contributed by atoms with E-state index in [1.807, 2.05) is 12.1 Å². The molecule has 0 saturated carbocycles. The van der Waals surface area contributed by atoms with Crippen molar-refractivity contribution in [3.05, 3.63) is 103 Å². The summed E-state index contributed by atoms with van der Waals surface area (Å²) in [5.74, 6) is -2.48. The predicted octanol–water partition coefficient (Wildman–Crippen LogP) is 5.18. The van der Waals surface area contributed by atoms with Gasteiger partial charge in [0.05, 0.1) is 35.9 Å². The molecular formula is C32H26ClN3O7S2. The fourth-order valence-corrected chi connectivity index (χ4v) is 8.42. The van der Waals surface area contributed by atoms with Crippen molar-refractivity contribution in [2.45, 2.75) is 29.7 Å². The van der Waals surface area contributed by atoms with Gasteiger partial charge in [-0.2, -0.15) is 0 Å². The second kappa shape index (κ2) is 12.5. The number of thioether (sulfide) groups is 1. The van der Waals surface area contributed by atoms with Gasteiger partial charge in [-0.3, -0.25) is 23.7 Å². The monoisotopic (exact) mass is 663 g/mol. The number of amides is 3. The first-order valence-electron chi connectivity index (χ1n) is 13.9. The van der Waals surface area contributed by atoms with Crippen molar-refractivity contribution in [3.63, 3.8) is 0 Å². The highest BCUT2D eigenvalue weighted by Gasteiger charge is 2.56. The minimum atomic E-state index is -0.827. The topological polar surface area (TPSA) is 124 Å². The zero-order chi connectivity index (χ0) is 31.8. The number of hydrogen-bond acceptors (Lipinski definition) is 9. The molecule has 3 amide bonds. The third kappa shape index (κ3) is 5.76. The number of nitrogens with one attached hydrogen (secondary N) is 1. The first kappa shape index (κ1) is 30.6. The van der Waals surface area contributed by atoms with Crippen LogP contribution in [0, 0.1) is 5.92 Å². The molecule has 0 aliphatic carbocycles. The highest BCUT2D eigenvalue weighted by atomic mass is 35.5. The summed E-state index contributed by atoms with van der Waals surface area (Å²) in [6.07, 6.45) is 0. The molecule has 2 aliphatic rings. The van der Waals surface area contributed by atoms with Crippen LogP contribution in [-0.4, -0.2) is 47.2 Å². The summed E-state index contributed by atoms with van der Waals surface area (Å²) in [5, 5.41) is 2.87. The number of imide groups is 1. The molecule has 13 heteroatoms. The van der Waals surface area contributed by atoms with E-state index in [0.29, 0.717) is 37.6 Å². The lowest BCUT2D eigenvalue weighted by Gasteiger charge is -2.30. The second-order valence-corrected chi connectivity index (χ2v) is 12.8. The smallest absolute Gasteiger partial charge is 0.338 e. The molecule has 6 rings (SSSR count). The maximum Gasteiger partial charge on any atom is 0.338 e. The van der Waals surface area contributed by atoms with Crippen LogP contribution < -0.4 is 19.8 Å². The first-order chi connectivity index (χ1) is 21.7. The number of fused-ring (bicyclic) bond motifs is 2. The highest BCUT2D eigenvalue weighted by Crippen LogP contribution is 2.54. The van der Waals surface area contributed by atoms with Crippen molar-refractivity contribution in [1.29, 1.82) is 0 Å². The van der Waals surface area contributed by atoms with Gasteiger partial charge in [-0.15, -0.1) is 0 Å². The number of benzene rings is 3. The predicted molar refractivity (Wildman–Crippen MR) is 172 cm³/mol. The van der Waals surface area contributed by atoms with E-state index in [1.165, 1.54) is 21.6 Å². The Morgan fingerprint density at radius 3 is 2.27 bits per heavy atom. The molecule has 1 saturated heterocycles. The van der Waals surface area contributed by atoms with E-state index in [1.54, 1.807) is 62.6 Å². The third-order valence-corrected chi connectivity index (χ3v) is 10.4. The van der Waals surface area contributed by atoms with Crippen LogP contribution >= 0.6 is 34.7 Å². The average Bonchev–Trinajstić information content (AvgIpc) is 3.48. The summed E-state index contributed by atoms with van der Waals surface area (Å²) < 4.78 is 11.7. The lowest BCUT2D eigenvalue weighted by molar-refractivity contribution is -0.122. The van der Waals surface area contributed by atoms with Gasteiger partial charge in [0.1, 0.15) is 17.5 Å². The van der Waals surface area contributed by atoms with Crippen molar-refractivity contribution >= 4 is 69.8 Å². The van der Waals surface area contributed by atoms with Crippen molar-refractivity contribution in [2.75, 3.05) is 23.9 Å². The van der Waals surface area contributed by atoms with E-state index < -0.39 is 34.9 Å². The number of nitrogens with zero attached hydrogens (tertiary/aromatic N) is 2. The van der Waals surface area contributed by atoms with Crippen LogP contribution in [0.1, 0.15) is 33.6 Å².